The zero-order chi connectivity index (χ0) is 20.4. The molecule has 0 saturated heterocycles. The molecule has 0 unspecified atom stereocenters. The molecule has 0 spiro atoms. The number of benzene rings is 2. The molecule has 0 aromatic heterocycles. The lowest BCUT2D eigenvalue weighted by atomic mass is 9.96. The van der Waals surface area contributed by atoms with Crippen molar-refractivity contribution >= 4 is 23.4 Å². The number of hydrogen-bond acceptors (Lipinski definition) is 5. The fourth-order valence-electron chi connectivity index (χ4n) is 2.84. The Balaban J connectivity index is 2.02. The standard InChI is InChI=1S/C17H13F2N3O6/c18-12-2-1-8(5-13(12)19)20-16(23)11-7-9(22(26)27)6-10-14(21-17(24)25)3-4-28-15(10)11/h1-2,5-7,14,21H,3-4H2,(H,20,23)(H,24,25)/t14-/m0/s1. The van der Waals surface area contributed by atoms with Crippen LogP contribution in [0.15, 0.2) is 30.3 Å². The fourth-order valence-corrected chi connectivity index (χ4v) is 2.84. The lowest BCUT2D eigenvalue weighted by molar-refractivity contribution is -0.385. The van der Waals surface area contributed by atoms with E-state index in [2.05, 4.69) is 10.6 Å². The van der Waals surface area contributed by atoms with Gasteiger partial charge in [0.2, 0.25) is 0 Å². The van der Waals surface area contributed by atoms with Gasteiger partial charge in [-0.15, -0.1) is 0 Å². The van der Waals surface area contributed by atoms with E-state index in [1.165, 1.54) is 0 Å². The number of rotatable bonds is 4. The van der Waals surface area contributed by atoms with E-state index in [4.69, 9.17) is 9.84 Å². The monoisotopic (exact) mass is 393 g/mol. The van der Waals surface area contributed by atoms with Gasteiger partial charge in [0.1, 0.15) is 5.75 Å². The fraction of sp³-hybridized carbons (Fsp3) is 0.176. The predicted molar refractivity (Wildman–Crippen MR) is 91.4 cm³/mol. The minimum Gasteiger partial charge on any atom is -0.492 e. The number of halogens is 2. The molecule has 28 heavy (non-hydrogen) atoms. The number of anilines is 1. The summed E-state index contributed by atoms with van der Waals surface area (Å²) in [6.07, 6.45) is -1.12. The Labute approximate surface area is 156 Å². The first-order valence-electron chi connectivity index (χ1n) is 7.97. The van der Waals surface area contributed by atoms with E-state index >= 15 is 0 Å². The van der Waals surface area contributed by atoms with Crippen LogP contribution in [-0.2, 0) is 0 Å². The molecule has 1 aliphatic heterocycles. The van der Waals surface area contributed by atoms with E-state index in [9.17, 15) is 28.5 Å². The summed E-state index contributed by atoms with van der Waals surface area (Å²) in [6.45, 7) is 0.0706. The van der Waals surface area contributed by atoms with Gasteiger partial charge in [0.15, 0.2) is 11.6 Å². The molecule has 9 nitrogen and oxygen atoms in total. The third-order valence-electron chi connectivity index (χ3n) is 4.06. The number of carbonyl (C=O) groups excluding carboxylic acids is 1. The van der Waals surface area contributed by atoms with Crippen molar-refractivity contribution in [2.24, 2.45) is 0 Å². The second-order valence-electron chi connectivity index (χ2n) is 5.89. The molecule has 2 amide bonds. The Hall–Kier alpha value is -3.76. The van der Waals surface area contributed by atoms with Crippen molar-refractivity contribution in [2.75, 3.05) is 11.9 Å². The molecule has 3 N–H and O–H groups in total. The number of carboxylic acid groups (broad SMARTS) is 1. The Morgan fingerprint density at radius 2 is 1.96 bits per heavy atom. The van der Waals surface area contributed by atoms with Crippen LogP contribution < -0.4 is 15.4 Å². The van der Waals surface area contributed by atoms with Gasteiger partial charge in [0.05, 0.1) is 23.1 Å². The van der Waals surface area contributed by atoms with Gasteiger partial charge in [-0.3, -0.25) is 14.9 Å². The number of hydrogen-bond donors (Lipinski definition) is 3. The molecule has 1 aliphatic rings. The number of nitro groups is 1. The molecule has 3 rings (SSSR count). The summed E-state index contributed by atoms with van der Waals surface area (Å²) in [7, 11) is 0. The quantitative estimate of drug-likeness (QED) is 0.540. The Bertz CT molecular complexity index is 982. The van der Waals surface area contributed by atoms with Gasteiger partial charge in [-0.2, -0.15) is 0 Å². The van der Waals surface area contributed by atoms with Crippen LogP contribution in [0.25, 0.3) is 0 Å². The molecule has 0 fully saturated rings. The molecule has 146 valence electrons. The normalized spacial score (nSPS) is 15.1. The van der Waals surface area contributed by atoms with Crippen LogP contribution in [0.5, 0.6) is 5.75 Å². The van der Waals surface area contributed by atoms with Crippen molar-refractivity contribution in [3.8, 4) is 5.75 Å². The van der Waals surface area contributed by atoms with Crippen LogP contribution in [0.3, 0.4) is 0 Å². The van der Waals surface area contributed by atoms with Gasteiger partial charge < -0.3 is 20.5 Å². The SMILES string of the molecule is O=C(O)N[C@H]1CCOc2c(C(=O)Nc3ccc(F)c(F)c3)cc([N+](=O)[O-])cc21. The second-order valence-corrected chi connectivity index (χ2v) is 5.89. The summed E-state index contributed by atoms with van der Waals surface area (Å²) in [5.41, 5.74) is -0.610. The zero-order valence-electron chi connectivity index (χ0n) is 14.1. The smallest absolute Gasteiger partial charge is 0.405 e. The van der Waals surface area contributed by atoms with Crippen molar-refractivity contribution < 1.29 is 33.1 Å². The van der Waals surface area contributed by atoms with Crippen molar-refractivity contribution in [1.29, 1.82) is 0 Å². The van der Waals surface area contributed by atoms with Crippen LogP contribution in [-0.4, -0.2) is 28.6 Å². The van der Waals surface area contributed by atoms with Gasteiger partial charge in [-0.25, -0.2) is 13.6 Å². The summed E-state index contributed by atoms with van der Waals surface area (Å²) in [5, 5.41) is 24.7. The van der Waals surface area contributed by atoms with E-state index in [0.29, 0.717) is 0 Å². The zero-order valence-corrected chi connectivity index (χ0v) is 14.1. The van der Waals surface area contributed by atoms with Crippen molar-refractivity contribution in [3.05, 3.63) is 63.2 Å². The molecule has 0 bridgehead atoms. The lowest BCUT2D eigenvalue weighted by Crippen LogP contribution is -2.32. The van der Waals surface area contributed by atoms with Crippen LogP contribution in [0, 0.1) is 21.7 Å². The number of carbonyl (C=O) groups is 2. The molecule has 1 heterocycles. The summed E-state index contributed by atoms with van der Waals surface area (Å²) in [4.78, 5) is 34.1. The average Bonchev–Trinajstić information content (AvgIpc) is 2.63. The first kappa shape index (κ1) is 19.0. The van der Waals surface area contributed by atoms with Crippen molar-refractivity contribution in [2.45, 2.75) is 12.5 Å². The largest absolute Gasteiger partial charge is 0.492 e. The number of ether oxygens (including phenoxy) is 1. The maximum absolute atomic E-state index is 13.3. The summed E-state index contributed by atoms with van der Waals surface area (Å²) >= 11 is 0. The number of non-ortho nitro benzene ring substituents is 1. The summed E-state index contributed by atoms with van der Waals surface area (Å²) in [5.74, 6) is -3.16. The molecule has 0 radical (unpaired) electrons. The third-order valence-corrected chi connectivity index (χ3v) is 4.06. The minimum atomic E-state index is -1.34. The van der Waals surface area contributed by atoms with E-state index in [1.807, 2.05) is 0 Å². The van der Waals surface area contributed by atoms with Gasteiger partial charge in [-0.05, 0) is 12.1 Å². The van der Waals surface area contributed by atoms with Gasteiger partial charge in [-0.1, -0.05) is 0 Å². The number of amides is 2. The lowest BCUT2D eigenvalue weighted by Gasteiger charge is -2.27. The van der Waals surface area contributed by atoms with Crippen molar-refractivity contribution in [1.82, 2.24) is 5.32 Å². The highest BCUT2D eigenvalue weighted by Crippen LogP contribution is 2.38. The van der Waals surface area contributed by atoms with E-state index < -0.39 is 40.3 Å². The van der Waals surface area contributed by atoms with Crippen LogP contribution in [0.1, 0.15) is 28.4 Å². The van der Waals surface area contributed by atoms with Crippen LogP contribution >= 0.6 is 0 Å². The number of nitrogens with one attached hydrogen (secondary N) is 2. The van der Waals surface area contributed by atoms with Gasteiger partial charge >= 0.3 is 6.09 Å². The Morgan fingerprint density at radius 1 is 1.21 bits per heavy atom. The maximum atomic E-state index is 13.3. The van der Waals surface area contributed by atoms with E-state index in [-0.39, 0.29) is 35.6 Å². The molecule has 11 heteroatoms. The molecule has 0 saturated carbocycles. The summed E-state index contributed by atoms with van der Waals surface area (Å²) < 4.78 is 31.8. The molecular weight excluding hydrogens is 380 g/mol. The topological polar surface area (TPSA) is 131 Å². The van der Waals surface area contributed by atoms with Crippen LogP contribution in [0.4, 0.5) is 25.0 Å². The number of nitrogens with zero attached hydrogens (tertiary/aromatic N) is 1. The molecule has 1 atom stereocenters. The minimum absolute atomic E-state index is 0.0179. The molecular formula is C17H13F2N3O6. The maximum Gasteiger partial charge on any atom is 0.405 e. The van der Waals surface area contributed by atoms with Crippen LogP contribution in [0.2, 0.25) is 0 Å². The number of nitro benzene ring substituents is 1. The first-order chi connectivity index (χ1) is 13.3. The van der Waals surface area contributed by atoms with Gasteiger partial charge in [0, 0.05) is 35.9 Å². The van der Waals surface area contributed by atoms with Crippen molar-refractivity contribution in [3.63, 3.8) is 0 Å². The van der Waals surface area contributed by atoms with Gasteiger partial charge in [0.25, 0.3) is 11.6 Å². The number of fused-ring (bicyclic) bond motifs is 1. The summed E-state index contributed by atoms with van der Waals surface area (Å²) in [6, 6.07) is 3.98. The van der Waals surface area contributed by atoms with E-state index in [0.717, 1.165) is 30.3 Å². The predicted octanol–water partition coefficient (Wildman–Crippen LogP) is 3.22. The Morgan fingerprint density at radius 3 is 2.61 bits per heavy atom. The first-order valence-corrected chi connectivity index (χ1v) is 7.97. The molecule has 2 aromatic carbocycles. The van der Waals surface area contributed by atoms with E-state index in [1.54, 1.807) is 0 Å². The molecule has 0 aliphatic carbocycles. The highest BCUT2D eigenvalue weighted by atomic mass is 19.2. The average molecular weight is 393 g/mol. The second kappa shape index (κ2) is 7.47. The Kier molecular flexibility index (Phi) is 5.07. The highest BCUT2D eigenvalue weighted by molar-refractivity contribution is 6.07. The third kappa shape index (κ3) is 3.82. The molecule has 2 aromatic rings. The highest BCUT2D eigenvalue weighted by Gasteiger charge is 2.30.